The van der Waals surface area contributed by atoms with Crippen LogP contribution < -0.4 is 0 Å². The molecule has 10 rings (SSSR count). The fourth-order valence-corrected chi connectivity index (χ4v) is 7.56. The first-order valence-electron chi connectivity index (χ1n) is 18.5. The Bertz CT molecular complexity index is 3020. The Morgan fingerprint density at radius 3 is 1.61 bits per heavy atom. The molecule has 1 heteroatoms. The van der Waals surface area contributed by atoms with Crippen LogP contribution in [0.4, 0.5) is 0 Å². The monoisotopic (exact) mass is 626 g/mol. The second kappa shape index (κ2) is 11.1. The lowest BCUT2D eigenvalue weighted by Gasteiger charge is -2.18. The van der Waals surface area contributed by atoms with E-state index < -0.39 is 0 Å². The second-order valence-corrected chi connectivity index (χ2v) is 12.5. The Balaban J connectivity index is 1.18. The van der Waals surface area contributed by atoms with E-state index in [1.54, 1.807) is 0 Å². The van der Waals surface area contributed by atoms with Crippen molar-refractivity contribution in [3.63, 3.8) is 0 Å². The van der Waals surface area contributed by atoms with Crippen molar-refractivity contribution in [3.05, 3.63) is 182 Å². The minimum Gasteiger partial charge on any atom is -0.456 e. The Morgan fingerprint density at radius 1 is 0.347 bits per heavy atom. The van der Waals surface area contributed by atoms with Gasteiger partial charge in [-0.15, -0.1) is 0 Å². The van der Waals surface area contributed by atoms with Crippen molar-refractivity contribution in [1.29, 1.82) is 0 Å². The highest BCUT2D eigenvalue weighted by atomic mass is 16.3. The van der Waals surface area contributed by atoms with Gasteiger partial charge in [0.25, 0.3) is 0 Å². The van der Waals surface area contributed by atoms with Gasteiger partial charge >= 0.3 is 0 Å². The summed E-state index contributed by atoms with van der Waals surface area (Å²) in [6, 6.07) is 52.6. The zero-order valence-electron chi connectivity index (χ0n) is 30.4. The number of hydrogen-bond donors (Lipinski definition) is 0. The van der Waals surface area contributed by atoms with E-state index in [-0.39, 0.29) is 29.7 Å². The van der Waals surface area contributed by atoms with Crippen LogP contribution in [0.5, 0.6) is 0 Å². The van der Waals surface area contributed by atoms with Crippen LogP contribution in [0.2, 0.25) is 0 Å². The minimum absolute atomic E-state index is 0.0771. The summed E-state index contributed by atoms with van der Waals surface area (Å²) in [7, 11) is 0. The molecule has 1 nitrogen and oxygen atoms in total. The van der Waals surface area contributed by atoms with Crippen LogP contribution >= 0.6 is 0 Å². The molecule has 0 aliphatic heterocycles. The number of hydrogen-bond acceptors (Lipinski definition) is 1. The van der Waals surface area contributed by atoms with Crippen molar-refractivity contribution in [2.75, 3.05) is 0 Å². The standard InChI is InChI=1S/C48H30O/c1-2-13-33(14-3-1)46-39-17-6-8-19-41(39)47(42-20-9-7-18-40(42)46)34-26-24-31(25-27-34)35-28-29-43-45(30-35)49-44-23-11-22-38(48(43)44)37-21-10-15-32-12-4-5-16-36(32)37/h1-30H/i24D,25D,26D,27D. The third-order valence-corrected chi connectivity index (χ3v) is 9.73. The van der Waals surface area contributed by atoms with Crippen molar-refractivity contribution < 1.29 is 9.90 Å². The van der Waals surface area contributed by atoms with E-state index in [0.717, 1.165) is 70.9 Å². The first-order chi connectivity index (χ1) is 26.0. The first kappa shape index (κ1) is 23.8. The van der Waals surface area contributed by atoms with E-state index in [1.165, 1.54) is 0 Å². The maximum Gasteiger partial charge on any atom is 0.136 e. The molecule has 0 aliphatic carbocycles. The molecule has 10 aromatic rings. The molecule has 0 aliphatic rings. The van der Waals surface area contributed by atoms with Crippen molar-refractivity contribution in [3.8, 4) is 44.5 Å². The van der Waals surface area contributed by atoms with Crippen LogP contribution in [0.25, 0.3) is 98.8 Å². The third kappa shape index (κ3) is 4.40. The lowest BCUT2D eigenvalue weighted by atomic mass is 9.86. The van der Waals surface area contributed by atoms with E-state index in [4.69, 9.17) is 4.42 Å². The van der Waals surface area contributed by atoms with Gasteiger partial charge in [0, 0.05) is 10.8 Å². The molecule has 0 fully saturated rings. The molecule has 0 saturated carbocycles. The highest BCUT2D eigenvalue weighted by molar-refractivity contribution is 6.21. The number of benzene rings is 9. The molecule has 0 N–H and O–H groups in total. The lowest BCUT2D eigenvalue weighted by molar-refractivity contribution is 0.669. The highest BCUT2D eigenvalue weighted by Crippen LogP contribution is 2.44. The largest absolute Gasteiger partial charge is 0.456 e. The molecule has 228 valence electrons. The summed E-state index contributed by atoms with van der Waals surface area (Å²) in [4.78, 5) is 0. The number of fused-ring (bicyclic) bond motifs is 6. The number of furan rings is 1. The summed E-state index contributed by atoms with van der Waals surface area (Å²) in [5, 5.41) is 7.99. The van der Waals surface area contributed by atoms with Crippen molar-refractivity contribution in [2.45, 2.75) is 0 Å². The normalized spacial score (nSPS) is 12.8. The van der Waals surface area contributed by atoms with E-state index in [9.17, 15) is 5.48 Å². The summed E-state index contributed by atoms with van der Waals surface area (Å²) in [6.45, 7) is 0. The Morgan fingerprint density at radius 2 is 0.898 bits per heavy atom. The van der Waals surface area contributed by atoms with E-state index in [0.29, 0.717) is 22.3 Å². The average Bonchev–Trinajstić information content (AvgIpc) is 3.58. The summed E-state index contributed by atoms with van der Waals surface area (Å²) < 4.78 is 44.1. The highest BCUT2D eigenvalue weighted by Gasteiger charge is 2.18. The molecule has 9 aromatic carbocycles. The van der Waals surface area contributed by atoms with Crippen molar-refractivity contribution in [1.82, 2.24) is 0 Å². The van der Waals surface area contributed by atoms with Gasteiger partial charge in [0.1, 0.15) is 11.2 Å². The van der Waals surface area contributed by atoms with Gasteiger partial charge in [-0.25, -0.2) is 0 Å². The van der Waals surface area contributed by atoms with E-state index in [2.05, 4.69) is 66.7 Å². The molecule has 0 atom stereocenters. The van der Waals surface area contributed by atoms with Gasteiger partial charge in [0.15, 0.2) is 0 Å². The summed E-state index contributed by atoms with van der Waals surface area (Å²) in [5.41, 5.74) is 7.52. The lowest BCUT2D eigenvalue weighted by Crippen LogP contribution is -1.90. The Hall–Kier alpha value is -6.44. The molecule has 0 amide bonds. The predicted octanol–water partition coefficient (Wildman–Crippen LogP) is 13.7. The molecular weight excluding hydrogens is 593 g/mol. The van der Waals surface area contributed by atoms with Crippen LogP contribution in [-0.4, -0.2) is 0 Å². The van der Waals surface area contributed by atoms with Gasteiger partial charge < -0.3 is 4.42 Å². The summed E-state index contributed by atoms with van der Waals surface area (Å²) >= 11 is 0. The number of rotatable bonds is 4. The van der Waals surface area contributed by atoms with Gasteiger partial charge in [-0.2, -0.15) is 0 Å². The smallest absolute Gasteiger partial charge is 0.136 e. The van der Waals surface area contributed by atoms with Crippen LogP contribution in [0, 0.1) is 0 Å². The van der Waals surface area contributed by atoms with Crippen molar-refractivity contribution in [2.24, 2.45) is 0 Å². The van der Waals surface area contributed by atoms with E-state index in [1.807, 2.05) is 91.0 Å². The topological polar surface area (TPSA) is 13.1 Å². The average molecular weight is 627 g/mol. The predicted molar refractivity (Wildman–Crippen MR) is 208 cm³/mol. The minimum atomic E-state index is -0.0896. The van der Waals surface area contributed by atoms with Gasteiger partial charge in [-0.05, 0) is 95.0 Å². The van der Waals surface area contributed by atoms with Crippen LogP contribution in [0.3, 0.4) is 0 Å². The van der Waals surface area contributed by atoms with Crippen LogP contribution in [0.15, 0.2) is 186 Å². The van der Waals surface area contributed by atoms with Gasteiger partial charge in [0.2, 0.25) is 0 Å². The maximum atomic E-state index is 9.45. The quantitative estimate of drug-likeness (QED) is 0.177. The molecule has 1 aromatic heterocycles. The zero-order chi connectivity index (χ0) is 35.8. The molecule has 0 bridgehead atoms. The van der Waals surface area contributed by atoms with Crippen molar-refractivity contribution >= 4 is 54.3 Å². The maximum absolute atomic E-state index is 9.45. The van der Waals surface area contributed by atoms with E-state index >= 15 is 0 Å². The van der Waals surface area contributed by atoms with Gasteiger partial charge in [-0.3, -0.25) is 0 Å². The summed E-state index contributed by atoms with van der Waals surface area (Å²) in [5.74, 6) is 0. The molecule has 0 saturated heterocycles. The third-order valence-electron chi connectivity index (χ3n) is 9.73. The fourth-order valence-electron chi connectivity index (χ4n) is 7.56. The summed E-state index contributed by atoms with van der Waals surface area (Å²) in [6.07, 6.45) is 0. The zero-order valence-corrected chi connectivity index (χ0v) is 26.4. The molecule has 1 heterocycles. The SMILES string of the molecule is [2H]c1c([2H])c(-c2c3ccccc3c(-c3ccccc3)c3ccccc23)c([2H])c([2H])c1-c1ccc2c(c1)oc1cccc(-c3cccc4ccccc34)c12. The van der Waals surface area contributed by atoms with Crippen LogP contribution in [-0.2, 0) is 0 Å². The molecule has 0 unspecified atom stereocenters. The first-order valence-corrected chi connectivity index (χ1v) is 16.5. The molecule has 0 radical (unpaired) electrons. The molecule has 0 spiro atoms. The molecular formula is C48H30O. The second-order valence-electron chi connectivity index (χ2n) is 12.5. The molecule has 49 heavy (non-hydrogen) atoms. The van der Waals surface area contributed by atoms with Gasteiger partial charge in [-0.1, -0.05) is 164 Å². The Labute approximate surface area is 289 Å². The van der Waals surface area contributed by atoms with Gasteiger partial charge in [0.05, 0.1) is 5.48 Å². The fraction of sp³-hybridized carbons (Fsp3) is 0. The van der Waals surface area contributed by atoms with Crippen LogP contribution in [0.1, 0.15) is 5.48 Å². The Kier molecular flexibility index (Phi) is 5.38.